The van der Waals surface area contributed by atoms with Crippen molar-refractivity contribution in [3.8, 4) is 0 Å². The maximum atomic E-state index is 12.1. The van der Waals surface area contributed by atoms with Gasteiger partial charge in [-0.25, -0.2) is 0 Å². The number of carbonyl (C=O) groups is 1. The zero-order valence-corrected chi connectivity index (χ0v) is 12.5. The Labute approximate surface area is 120 Å². The first kappa shape index (κ1) is 13.7. The second-order valence-corrected chi connectivity index (χ2v) is 7.64. The van der Waals surface area contributed by atoms with Gasteiger partial charge in [-0.05, 0) is 43.9 Å². The van der Waals surface area contributed by atoms with Crippen molar-refractivity contribution in [2.45, 2.75) is 62.7 Å². The first-order chi connectivity index (χ1) is 9.28. The average Bonchev–Trinajstić information content (AvgIpc) is 2.95. The summed E-state index contributed by atoms with van der Waals surface area (Å²) in [7, 11) is 0. The monoisotopic (exact) mass is 283 g/mol. The molecule has 4 heteroatoms. The molecule has 3 aliphatic rings. The second-order valence-electron chi connectivity index (χ2n) is 6.35. The molecule has 1 amide bonds. The Hall–Kier alpha value is -0.220. The number of thioether (sulfide) groups is 1. The summed E-state index contributed by atoms with van der Waals surface area (Å²) in [6.07, 6.45) is 10.0. The lowest BCUT2D eigenvalue weighted by molar-refractivity contribution is -0.124. The van der Waals surface area contributed by atoms with Crippen LogP contribution in [0.1, 0.15) is 51.4 Å². The lowest BCUT2D eigenvalue weighted by Gasteiger charge is -2.52. The van der Waals surface area contributed by atoms with Crippen LogP contribution in [-0.4, -0.2) is 36.2 Å². The summed E-state index contributed by atoms with van der Waals surface area (Å²) in [6.45, 7) is 1.76. The molecule has 3 nitrogen and oxygen atoms in total. The van der Waals surface area contributed by atoms with Crippen LogP contribution in [0.15, 0.2) is 0 Å². The molecule has 0 aromatic heterocycles. The molecule has 1 saturated heterocycles. The van der Waals surface area contributed by atoms with E-state index in [0.717, 1.165) is 31.3 Å². The molecule has 2 aliphatic carbocycles. The van der Waals surface area contributed by atoms with E-state index in [1.54, 1.807) is 0 Å². The van der Waals surface area contributed by atoms with Gasteiger partial charge in [0.05, 0.1) is 5.75 Å². The van der Waals surface area contributed by atoms with Crippen molar-refractivity contribution in [2.75, 3.05) is 19.0 Å². The van der Waals surface area contributed by atoms with Crippen LogP contribution in [0.2, 0.25) is 0 Å². The third-order valence-electron chi connectivity index (χ3n) is 5.25. The van der Waals surface area contributed by atoms with E-state index in [-0.39, 0.29) is 5.91 Å². The predicted molar refractivity (Wildman–Crippen MR) is 78.4 cm³/mol. The fraction of sp³-hybridized carbons (Fsp3) is 0.933. The van der Waals surface area contributed by atoms with Crippen molar-refractivity contribution in [1.29, 1.82) is 0 Å². The highest BCUT2D eigenvalue weighted by Gasteiger charge is 2.47. The lowest BCUT2D eigenvalue weighted by Crippen LogP contribution is -2.57. The van der Waals surface area contributed by atoms with Crippen LogP contribution in [-0.2, 0) is 9.53 Å². The van der Waals surface area contributed by atoms with Gasteiger partial charge < -0.3 is 10.1 Å². The number of carbonyl (C=O) groups excluding carboxylic acids is 1. The van der Waals surface area contributed by atoms with E-state index in [4.69, 9.17) is 4.74 Å². The Balaban J connectivity index is 1.41. The maximum absolute atomic E-state index is 12.1. The molecule has 19 heavy (non-hydrogen) atoms. The molecule has 1 atom stereocenters. The number of rotatable bonds is 4. The van der Waals surface area contributed by atoms with E-state index in [2.05, 4.69) is 5.32 Å². The topological polar surface area (TPSA) is 38.3 Å². The van der Waals surface area contributed by atoms with E-state index in [9.17, 15) is 4.79 Å². The van der Waals surface area contributed by atoms with E-state index >= 15 is 0 Å². The van der Waals surface area contributed by atoms with Gasteiger partial charge in [0.1, 0.15) is 0 Å². The van der Waals surface area contributed by atoms with Crippen LogP contribution >= 0.6 is 11.8 Å². The van der Waals surface area contributed by atoms with Crippen molar-refractivity contribution >= 4 is 17.7 Å². The van der Waals surface area contributed by atoms with Crippen LogP contribution in [0.4, 0.5) is 0 Å². The fourth-order valence-corrected chi connectivity index (χ4v) is 4.92. The van der Waals surface area contributed by atoms with Gasteiger partial charge in [-0.3, -0.25) is 4.79 Å². The van der Waals surface area contributed by atoms with Gasteiger partial charge in [0, 0.05) is 24.5 Å². The molecular weight excluding hydrogens is 258 g/mol. The highest BCUT2D eigenvalue weighted by atomic mass is 32.2. The van der Waals surface area contributed by atoms with E-state index in [1.807, 2.05) is 11.8 Å². The van der Waals surface area contributed by atoms with Gasteiger partial charge >= 0.3 is 0 Å². The minimum Gasteiger partial charge on any atom is -0.381 e. The molecule has 1 N–H and O–H groups in total. The highest BCUT2D eigenvalue weighted by molar-refractivity contribution is 8.00. The molecule has 3 fully saturated rings. The van der Waals surface area contributed by atoms with Gasteiger partial charge in [-0.15, -0.1) is 11.8 Å². The van der Waals surface area contributed by atoms with Crippen molar-refractivity contribution in [2.24, 2.45) is 5.41 Å². The van der Waals surface area contributed by atoms with Crippen LogP contribution in [0.25, 0.3) is 0 Å². The summed E-state index contributed by atoms with van der Waals surface area (Å²) in [5, 5.41) is 4.03. The number of hydrogen-bond acceptors (Lipinski definition) is 3. The summed E-state index contributed by atoms with van der Waals surface area (Å²) in [5.41, 5.74) is 0.381. The second kappa shape index (κ2) is 6.04. The number of hydrogen-bond donors (Lipinski definition) is 1. The molecule has 3 rings (SSSR count). The molecular formula is C15H25NO2S. The normalized spacial score (nSPS) is 30.2. The molecule has 0 radical (unpaired) electrons. The smallest absolute Gasteiger partial charge is 0.230 e. The Morgan fingerprint density at radius 3 is 2.53 bits per heavy atom. The first-order valence-corrected chi connectivity index (χ1v) is 8.82. The molecule has 1 heterocycles. The van der Waals surface area contributed by atoms with E-state index < -0.39 is 0 Å². The molecule has 0 bridgehead atoms. The quantitative estimate of drug-likeness (QED) is 0.862. The summed E-state index contributed by atoms with van der Waals surface area (Å²) in [4.78, 5) is 12.1. The first-order valence-electron chi connectivity index (χ1n) is 7.77. The van der Waals surface area contributed by atoms with Gasteiger partial charge in [-0.2, -0.15) is 0 Å². The highest BCUT2D eigenvalue weighted by Crippen LogP contribution is 2.48. The molecule has 1 unspecified atom stereocenters. The van der Waals surface area contributed by atoms with Crippen molar-refractivity contribution in [3.63, 3.8) is 0 Å². The molecule has 1 aliphatic heterocycles. The van der Waals surface area contributed by atoms with Gasteiger partial charge in [0.2, 0.25) is 5.91 Å². The van der Waals surface area contributed by atoms with Crippen molar-refractivity contribution in [1.82, 2.24) is 5.32 Å². The minimum atomic E-state index is 0.257. The molecule has 2 saturated carbocycles. The lowest BCUT2D eigenvalue weighted by atomic mass is 9.60. The van der Waals surface area contributed by atoms with Gasteiger partial charge in [0.25, 0.3) is 0 Å². The van der Waals surface area contributed by atoms with Crippen LogP contribution < -0.4 is 5.32 Å². The van der Waals surface area contributed by atoms with Crippen molar-refractivity contribution < 1.29 is 9.53 Å². The van der Waals surface area contributed by atoms with Gasteiger partial charge in [0.15, 0.2) is 0 Å². The largest absolute Gasteiger partial charge is 0.381 e. The molecule has 0 aromatic rings. The maximum Gasteiger partial charge on any atom is 0.230 e. The Morgan fingerprint density at radius 2 is 1.89 bits per heavy atom. The number of ether oxygens (including phenoxy) is 1. The number of amides is 1. The van der Waals surface area contributed by atoms with Crippen molar-refractivity contribution in [3.05, 3.63) is 0 Å². The third kappa shape index (κ3) is 3.10. The van der Waals surface area contributed by atoms with Crippen LogP contribution in [0, 0.1) is 5.41 Å². The summed E-state index contributed by atoms with van der Waals surface area (Å²) in [6, 6.07) is 0.424. The van der Waals surface area contributed by atoms with Gasteiger partial charge in [-0.1, -0.05) is 12.8 Å². The third-order valence-corrected chi connectivity index (χ3v) is 6.62. The molecule has 0 aromatic carbocycles. The fourth-order valence-electron chi connectivity index (χ4n) is 3.78. The van der Waals surface area contributed by atoms with Crippen LogP contribution in [0.5, 0.6) is 0 Å². The Bertz CT molecular complexity index is 322. The van der Waals surface area contributed by atoms with E-state index in [1.165, 1.54) is 38.5 Å². The van der Waals surface area contributed by atoms with Crippen LogP contribution in [0.3, 0.4) is 0 Å². The molecule has 108 valence electrons. The zero-order valence-electron chi connectivity index (χ0n) is 11.7. The number of nitrogens with one attached hydrogen (secondary N) is 1. The summed E-state index contributed by atoms with van der Waals surface area (Å²) >= 11 is 1.87. The Morgan fingerprint density at radius 1 is 1.16 bits per heavy atom. The molecule has 1 spiro atoms. The SMILES string of the molecule is O=C(CSC1CCCC1)NC1CCC12CCOCC2. The minimum absolute atomic E-state index is 0.257. The zero-order chi connectivity index (χ0) is 13.1. The van der Waals surface area contributed by atoms with E-state index in [0.29, 0.717) is 17.2 Å². The summed E-state index contributed by atoms with van der Waals surface area (Å²) in [5.74, 6) is 0.917. The predicted octanol–water partition coefficient (Wildman–Crippen LogP) is 2.74. The average molecular weight is 283 g/mol. The summed E-state index contributed by atoms with van der Waals surface area (Å²) < 4.78 is 5.45. The Kier molecular flexibility index (Phi) is 4.37. The standard InChI is InChI=1S/C15H25NO2S/c17-14(11-19-12-3-1-2-4-12)16-13-5-6-15(13)7-9-18-10-8-15/h12-13H,1-11H2,(H,16,17).